The average Bonchev–Trinajstić information content (AvgIpc) is 3.40. The lowest BCUT2D eigenvalue weighted by Crippen LogP contribution is -1.98. The number of aldehydes is 1. The van der Waals surface area contributed by atoms with E-state index in [1.54, 1.807) is 30.3 Å². The highest BCUT2D eigenvalue weighted by molar-refractivity contribution is 6.31. The molecule has 0 saturated heterocycles. The summed E-state index contributed by atoms with van der Waals surface area (Å²) in [6, 6.07) is 11.1. The van der Waals surface area contributed by atoms with Crippen LogP contribution in [0, 0.1) is 17.7 Å². The van der Waals surface area contributed by atoms with Crippen molar-refractivity contribution in [3.05, 3.63) is 65.4 Å². The van der Waals surface area contributed by atoms with Crippen molar-refractivity contribution in [3.8, 4) is 29.3 Å². The van der Waals surface area contributed by atoms with Crippen LogP contribution in [0.25, 0.3) is 10.9 Å². The summed E-state index contributed by atoms with van der Waals surface area (Å²) in [6.45, 7) is 4.00. The number of anilines is 2. The number of methoxy groups -OCH3 is 1. The van der Waals surface area contributed by atoms with Crippen LogP contribution in [0.15, 0.2) is 53.2 Å². The highest BCUT2D eigenvalue weighted by atomic mass is 35.5. The molecule has 0 unspecified atom stereocenters. The molecule has 0 bridgehead atoms. The Bertz CT molecular complexity index is 1400. The number of nitrogens with zero attached hydrogens (tertiary/aromatic N) is 2. The lowest BCUT2D eigenvalue weighted by Gasteiger charge is -2.13. The minimum Gasteiger partial charge on any atom is -0.493 e. The van der Waals surface area contributed by atoms with Gasteiger partial charge in [0, 0.05) is 43.2 Å². The van der Waals surface area contributed by atoms with Crippen molar-refractivity contribution in [1.82, 2.24) is 9.97 Å². The normalized spacial score (nSPS) is 9.66. The van der Waals surface area contributed by atoms with Crippen LogP contribution in [0.5, 0.6) is 17.4 Å². The molecule has 0 amide bonds. The van der Waals surface area contributed by atoms with E-state index in [0.717, 1.165) is 13.4 Å². The standard InChI is InChI=1S/C25H19ClFN3O4.C2H6.CH4O/c1-32-22-14-21-18(25(29-15-28-21)30-16-7-9-20(27)19(26)12-16)13-23(22)34-24-10-8-17(33-24)6-4-2-3-5-11-31;2*1-2/h7-15H,2-3,5H2,1H3,(H,28,29,30);1-2H3;2H,1H3. The Morgan fingerprint density at radius 3 is 2.63 bits per heavy atom. The summed E-state index contributed by atoms with van der Waals surface area (Å²) in [6.07, 6.45) is 4.07. The molecule has 0 aliphatic rings. The van der Waals surface area contributed by atoms with Gasteiger partial charge in [-0.15, -0.1) is 0 Å². The molecule has 0 aliphatic carbocycles. The van der Waals surface area contributed by atoms with Crippen LogP contribution in [-0.2, 0) is 4.79 Å². The maximum atomic E-state index is 13.5. The topological polar surface area (TPSA) is 107 Å². The molecule has 0 spiro atoms. The highest BCUT2D eigenvalue weighted by Crippen LogP contribution is 2.37. The van der Waals surface area contributed by atoms with Crippen LogP contribution < -0.4 is 14.8 Å². The smallest absolute Gasteiger partial charge is 0.291 e. The minimum absolute atomic E-state index is 0.00508. The Balaban J connectivity index is 0.00000121. The third-order valence-corrected chi connectivity index (χ3v) is 5.02. The zero-order chi connectivity index (χ0) is 27.9. The Labute approximate surface area is 225 Å². The van der Waals surface area contributed by atoms with Crippen LogP contribution in [0.2, 0.25) is 5.02 Å². The molecule has 4 rings (SSSR count). The summed E-state index contributed by atoms with van der Waals surface area (Å²) < 4.78 is 30.5. The predicted molar refractivity (Wildman–Crippen MR) is 146 cm³/mol. The van der Waals surface area contributed by atoms with Crippen molar-refractivity contribution < 1.29 is 28.2 Å². The second kappa shape index (κ2) is 15.9. The Hall–Kier alpha value is -4.13. The number of aliphatic hydroxyl groups excluding tert-OH is 1. The van der Waals surface area contributed by atoms with Crippen LogP contribution in [-0.4, -0.2) is 35.6 Å². The molecule has 2 N–H and O–H groups in total. The lowest BCUT2D eigenvalue weighted by atomic mass is 10.2. The van der Waals surface area contributed by atoms with Crippen molar-refractivity contribution in [2.75, 3.05) is 19.5 Å². The number of aliphatic hydroxyl groups is 1. The Morgan fingerprint density at radius 2 is 1.92 bits per heavy atom. The molecule has 2 aromatic heterocycles. The summed E-state index contributed by atoms with van der Waals surface area (Å²) in [5.41, 5.74) is 1.17. The molecule has 2 heterocycles. The number of carbonyl (C=O) groups is 1. The minimum atomic E-state index is -0.511. The van der Waals surface area contributed by atoms with Crippen molar-refractivity contribution in [2.24, 2.45) is 0 Å². The van der Waals surface area contributed by atoms with Gasteiger partial charge in [0.2, 0.25) is 0 Å². The van der Waals surface area contributed by atoms with E-state index in [0.29, 0.717) is 58.9 Å². The van der Waals surface area contributed by atoms with Gasteiger partial charge in [-0.1, -0.05) is 31.4 Å². The lowest BCUT2D eigenvalue weighted by molar-refractivity contribution is -0.107. The summed E-state index contributed by atoms with van der Waals surface area (Å²) in [5, 5.41) is 10.8. The van der Waals surface area contributed by atoms with Gasteiger partial charge in [0.1, 0.15) is 24.2 Å². The number of furan rings is 1. The number of rotatable bonds is 8. The second-order valence-electron chi connectivity index (χ2n) is 7.08. The monoisotopic (exact) mass is 541 g/mol. The third-order valence-electron chi connectivity index (χ3n) is 4.73. The molecule has 38 heavy (non-hydrogen) atoms. The summed E-state index contributed by atoms with van der Waals surface area (Å²) in [7, 11) is 2.52. The number of carbonyl (C=O) groups excluding carboxylic acids is 1. The van der Waals surface area contributed by atoms with E-state index < -0.39 is 5.82 Å². The number of aromatic nitrogens is 2. The van der Waals surface area contributed by atoms with Crippen LogP contribution in [0.4, 0.5) is 15.9 Å². The van der Waals surface area contributed by atoms with Gasteiger partial charge in [0.25, 0.3) is 5.95 Å². The van der Waals surface area contributed by atoms with E-state index in [1.807, 2.05) is 13.8 Å². The average molecular weight is 542 g/mol. The first-order valence-corrected chi connectivity index (χ1v) is 12.1. The first-order chi connectivity index (χ1) is 18.6. The fourth-order valence-corrected chi connectivity index (χ4v) is 3.27. The third kappa shape index (κ3) is 8.20. The quantitative estimate of drug-likeness (QED) is 0.141. The number of nitrogens with one attached hydrogen (secondary N) is 1. The van der Waals surface area contributed by atoms with Gasteiger partial charge in [-0.05, 0) is 42.7 Å². The van der Waals surface area contributed by atoms with Crippen molar-refractivity contribution in [2.45, 2.75) is 33.1 Å². The van der Waals surface area contributed by atoms with E-state index in [1.165, 1.54) is 25.6 Å². The van der Waals surface area contributed by atoms with Gasteiger partial charge in [0.05, 0.1) is 17.6 Å². The maximum absolute atomic E-state index is 13.5. The fourth-order valence-electron chi connectivity index (χ4n) is 3.09. The van der Waals surface area contributed by atoms with Gasteiger partial charge in [-0.2, -0.15) is 0 Å². The number of hydrogen-bond acceptors (Lipinski definition) is 8. The zero-order valence-corrected chi connectivity index (χ0v) is 22.3. The number of hydrogen-bond donors (Lipinski definition) is 2. The number of fused-ring (bicyclic) bond motifs is 1. The van der Waals surface area contributed by atoms with Gasteiger partial charge in [-0.3, -0.25) is 0 Å². The molecule has 0 aliphatic heterocycles. The molecular formula is C28H29ClFN3O5. The highest BCUT2D eigenvalue weighted by Gasteiger charge is 2.14. The van der Waals surface area contributed by atoms with Crippen LogP contribution >= 0.6 is 11.6 Å². The van der Waals surface area contributed by atoms with E-state index in [-0.39, 0.29) is 11.0 Å². The second-order valence-corrected chi connectivity index (χ2v) is 7.48. The number of benzene rings is 2. The molecule has 200 valence electrons. The SMILES string of the molecule is CC.CO.COc1cc2ncnc(Nc3ccc(F)c(Cl)c3)c2cc1Oc1ccc(C#CCCCC=O)o1. The number of unbranched alkanes of at least 4 members (excludes halogenated alkanes) is 2. The van der Waals surface area contributed by atoms with Crippen LogP contribution in [0.3, 0.4) is 0 Å². The first-order valence-electron chi connectivity index (χ1n) is 11.8. The van der Waals surface area contributed by atoms with Crippen LogP contribution in [0.1, 0.15) is 38.9 Å². The molecule has 8 nitrogen and oxygen atoms in total. The molecule has 4 aromatic rings. The van der Waals surface area contributed by atoms with E-state index in [4.69, 9.17) is 30.6 Å². The molecule has 0 atom stereocenters. The first kappa shape index (κ1) is 30.1. The molecule has 0 saturated carbocycles. The van der Waals surface area contributed by atoms with Gasteiger partial charge >= 0.3 is 0 Å². The van der Waals surface area contributed by atoms with Gasteiger partial charge in [-0.25, -0.2) is 14.4 Å². The molecule has 0 fully saturated rings. The van der Waals surface area contributed by atoms with E-state index >= 15 is 0 Å². The molecular weight excluding hydrogens is 513 g/mol. The Kier molecular flexibility index (Phi) is 12.6. The van der Waals surface area contributed by atoms with Crippen molar-refractivity contribution in [3.63, 3.8) is 0 Å². The maximum Gasteiger partial charge on any atom is 0.291 e. The Morgan fingerprint density at radius 1 is 1.13 bits per heavy atom. The molecule has 2 aromatic carbocycles. The largest absolute Gasteiger partial charge is 0.493 e. The van der Waals surface area contributed by atoms with Crippen molar-refractivity contribution >= 4 is 40.3 Å². The molecule has 10 heteroatoms. The predicted octanol–water partition coefficient (Wildman–Crippen LogP) is 6.92. The van der Waals surface area contributed by atoms with E-state index in [2.05, 4.69) is 27.1 Å². The number of ether oxygens (including phenoxy) is 2. The number of halogens is 2. The fraction of sp³-hybridized carbons (Fsp3) is 0.250. The summed E-state index contributed by atoms with van der Waals surface area (Å²) in [5.74, 6) is 7.32. The summed E-state index contributed by atoms with van der Waals surface area (Å²) in [4.78, 5) is 19.0. The van der Waals surface area contributed by atoms with Gasteiger partial charge < -0.3 is 29.1 Å². The van der Waals surface area contributed by atoms with E-state index in [9.17, 15) is 9.18 Å². The molecule has 0 radical (unpaired) electrons. The van der Waals surface area contributed by atoms with Crippen molar-refractivity contribution in [1.29, 1.82) is 0 Å². The summed E-state index contributed by atoms with van der Waals surface area (Å²) >= 11 is 5.89. The zero-order valence-electron chi connectivity index (χ0n) is 21.5. The van der Waals surface area contributed by atoms with Gasteiger partial charge in [0.15, 0.2) is 17.3 Å².